The number of nitrogens with two attached hydrogens (primary N) is 1. The number of hydrogen-bond donors (Lipinski definition) is 1. The average Bonchev–Trinajstić information content (AvgIpc) is 2.02. The summed E-state index contributed by atoms with van der Waals surface area (Å²) in [5.74, 6) is -2.07. The quantitative estimate of drug-likeness (QED) is 0.413. The van der Waals surface area contributed by atoms with Crippen molar-refractivity contribution >= 4 is 23.7 Å². The molecule has 0 fully saturated rings. The first-order valence-corrected chi connectivity index (χ1v) is 4.41. The summed E-state index contributed by atoms with van der Waals surface area (Å²) in [6, 6.07) is 0. The number of carbonyl (C=O) groups is 2. The minimum absolute atomic E-state index is 0. The molecule has 0 spiro atoms. The average molecular weight is 388 g/mol. The fourth-order valence-electron chi connectivity index (χ4n) is 0.228. The summed E-state index contributed by atoms with van der Waals surface area (Å²) >= 11 is 1.88. The summed E-state index contributed by atoms with van der Waals surface area (Å²) in [4.78, 5) is 17.9. The van der Waals surface area contributed by atoms with Crippen LogP contribution >= 0.6 is 11.8 Å². The largest absolute Gasteiger partial charge is 2.00 e. The van der Waals surface area contributed by atoms with Crippen molar-refractivity contribution < 1.29 is 40.9 Å². The second-order valence-electron chi connectivity index (χ2n) is 1.56. The van der Waals surface area contributed by atoms with Crippen LogP contribution in [0.25, 0.3) is 0 Å². The van der Waals surface area contributed by atoms with Crippen molar-refractivity contribution in [3.63, 3.8) is 0 Å². The first-order valence-electron chi connectivity index (χ1n) is 3.26. The molecule has 0 aliphatic rings. The van der Waals surface area contributed by atoms with E-state index in [-0.39, 0.29) is 21.1 Å². The second-order valence-corrected chi connectivity index (χ2v) is 2.95. The molecular weight excluding hydrogens is 377 g/mol. The molecule has 0 amide bonds. The number of rotatable bonds is 3. The van der Waals surface area contributed by atoms with Crippen LogP contribution in [0.1, 0.15) is 6.92 Å². The molecule has 0 saturated carbocycles. The van der Waals surface area contributed by atoms with Crippen LogP contribution in [-0.2, 0) is 30.7 Å². The molecule has 0 saturated heterocycles. The summed E-state index contributed by atoms with van der Waals surface area (Å²) in [6.07, 6.45) is 0. The van der Waals surface area contributed by atoms with Gasteiger partial charge < -0.3 is 25.5 Å². The van der Waals surface area contributed by atoms with Crippen LogP contribution in [0.3, 0.4) is 0 Å². The van der Waals surface area contributed by atoms with Crippen LogP contribution in [0, 0.1) is 0 Å². The number of carboxylic acid groups (broad SMARTS) is 2. The van der Waals surface area contributed by atoms with Crippen LogP contribution in [0.5, 0.6) is 0 Å². The second kappa shape index (κ2) is 14.5. The van der Waals surface area contributed by atoms with Crippen molar-refractivity contribution in [3.05, 3.63) is 0 Å². The maximum absolute atomic E-state index is 8.93. The molecule has 0 unspecified atom stereocenters. The van der Waals surface area contributed by atoms with Gasteiger partial charge in [0, 0.05) is 12.3 Å². The molecular formula is C6H11NO4PtS. The molecule has 2 N–H and O–H groups in total. The molecule has 80 valence electrons. The van der Waals surface area contributed by atoms with Gasteiger partial charge in [0.15, 0.2) is 0 Å². The monoisotopic (exact) mass is 388 g/mol. The number of hydrogen-bond acceptors (Lipinski definition) is 6. The Morgan fingerprint density at radius 3 is 1.77 bits per heavy atom. The van der Waals surface area contributed by atoms with Crippen molar-refractivity contribution in [2.75, 3.05) is 18.1 Å². The molecule has 0 aromatic heterocycles. The summed E-state index contributed by atoms with van der Waals surface area (Å²) in [6.45, 7) is 2.96. The van der Waals surface area contributed by atoms with Gasteiger partial charge in [-0.3, -0.25) is 0 Å². The topological polar surface area (TPSA) is 106 Å². The minimum Gasteiger partial charge on any atom is -0.543 e. The Bertz CT molecular complexity index is 129. The van der Waals surface area contributed by atoms with E-state index >= 15 is 0 Å². The molecule has 0 atom stereocenters. The third-order valence-corrected chi connectivity index (χ3v) is 1.57. The van der Waals surface area contributed by atoms with Gasteiger partial charge in [-0.25, -0.2) is 0 Å². The van der Waals surface area contributed by atoms with Crippen molar-refractivity contribution in [2.24, 2.45) is 5.73 Å². The standard InChI is InChI=1S/C4H11NS.C2H2O4.Pt/c1-2-6-4-3-5;3-1(4)2(5)6;/h2-5H2,1H3;(H,3,4)(H,5,6);/q;;+2/p-2. The SMILES string of the molecule is CCSCCN.O=C([O-])C(=O)[O-].[Pt+2]. The zero-order valence-electron chi connectivity index (χ0n) is 7.06. The smallest absolute Gasteiger partial charge is 0.543 e. The van der Waals surface area contributed by atoms with E-state index in [1.54, 1.807) is 0 Å². The Balaban J connectivity index is -0.000000143. The number of thioether (sulfide) groups is 1. The van der Waals surface area contributed by atoms with E-state index < -0.39 is 11.9 Å². The van der Waals surface area contributed by atoms with Crippen LogP contribution in [0.4, 0.5) is 0 Å². The molecule has 0 heterocycles. The molecule has 0 aromatic rings. The summed E-state index contributed by atoms with van der Waals surface area (Å²) in [5, 5.41) is 17.9. The molecule has 0 bridgehead atoms. The Kier molecular flexibility index (Phi) is 20.8. The fourth-order valence-corrected chi connectivity index (χ4v) is 0.683. The van der Waals surface area contributed by atoms with Gasteiger partial charge in [0.05, 0.1) is 11.9 Å². The van der Waals surface area contributed by atoms with Gasteiger partial charge in [0.1, 0.15) is 0 Å². The van der Waals surface area contributed by atoms with Crippen LogP contribution < -0.4 is 15.9 Å². The zero-order chi connectivity index (χ0) is 9.98. The summed E-state index contributed by atoms with van der Waals surface area (Å²) in [7, 11) is 0. The molecule has 7 heteroatoms. The molecule has 5 nitrogen and oxygen atoms in total. The van der Waals surface area contributed by atoms with Gasteiger partial charge in [-0.05, 0) is 5.75 Å². The van der Waals surface area contributed by atoms with E-state index in [0.717, 1.165) is 12.3 Å². The van der Waals surface area contributed by atoms with E-state index in [9.17, 15) is 0 Å². The van der Waals surface area contributed by atoms with E-state index in [0.29, 0.717) is 0 Å². The number of carboxylic acids is 2. The Morgan fingerprint density at radius 2 is 1.69 bits per heavy atom. The maximum Gasteiger partial charge on any atom is 2.00 e. The Hall–Kier alpha value is -0.0617. The molecule has 13 heavy (non-hydrogen) atoms. The van der Waals surface area contributed by atoms with Gasteiger partial charge in [0.25, 0.3) is 0 Å². The predicted octanol–water partition coefficient (Wildman–Crippen LogP) is -2.82. The van der Waals surface area contributed by atoms with E-state index in [1.807, 2.05) is 11.8 Å². The maximum atomic E-state index is 8.93. The van der Waals surface area contributed by atoms with Crippen molar-refractivity contribution in [1.29, 1.82) is 0 Å². The van der Waals surface area contributed by atoms with Crippen LogP contribution in [0.2, 0.25) is 0 Å². The van der Waals surface area contributed by atoms with Crippen LogP contribution in [0.15, 0.2) is 0 Å². The third kappa shape index (κ3) is 24.5. The Morgan fingerprint density at radius 1 is 1.31 bits per heavy atom. The summed E-state index contributed by atoms with van der Waals surface area (Å²) < 4.78 is 0. The van der Waals surface area contributed by atoms with Crippen molar-refractivity contribution in [1.82, 2.24) is 0 Å². The van der Waals surface area contributed by atoms with Gasteiger partial charge in [-0.15, -0.1) is 0 Å². The normalized spacial score (nSPS) is 7.54. The van der Waals surface area contributed by atoms with Gasteiger partial charge in [-0.2, -0.15) is 11.8 Å². The van der Waals surface area contributed by atoms with Gasteiger partial charge in [-0.1, -0.05) is 6.92 Å². The fraction of sp³-hybridized carbons (Fsp3) is 0.667. The van der Waals surface area contributed by atoms with Gasteiger partial charge in [0.2, 0.25) is 0 Å². The molecule has 0 rings (SSSR count). The van der Waals surface area contributed by atoms with E-state index in [2.05, 4.69) is 6.92 Å². The first-order chi connectivity index (χ1) is 5.56. The first kappa shape index (κ1) is 18.7. The Labute approximate surface area is 95.3 Å². The molecule has 0 aliphatic heterocycles. The third-order valence-electron chi connectivity index (χ3n) is 0.633. The van der Waals surface area contributed by atoms with E-state index in [1.165, 1.54) is 5.75 Å². The minimum atomic E-state index is -2.19. The number of aliphatic carboxylic acids is 2. The molecule has 0 aromatic carbocycles. The molecule has 0 radical (unpaired) electrons. The van der Waals surface area contributed by atoms with Gasteiger partial charge >= 0.3 is 21.1 Å². The number of carbonyl (C=O) groups excluding carboxylic acids is 2. The van der Waals surface area contributed by atoms with Crippen molar-refractivity contribution in [3.8, 4) is 0 Å². The summed E-state index contributed by atoms with van der Waals surface area (Å²) in [5.41, 5.74) is 5.19. The van der Waals surface area contributed by atoms with Crippen LogP contribution in [-0.4, -0.2) is 30.0 Å². The predicted molar refractivity (Wildman–Crippen MR) is 42.1 cm³/mol. The molecule has 0 aliphatic carbocycles. The van der Waals surface area contributed by atoms with Crippen molar-refractivity contribution in [2.45, 2.75) is 6.92 Å². The van der Waals surface area contributed by atoms with E-state index in [4.69, 9.17) is 25.5 Å². The zero-order valence-corrected chi connectivity index (χ0v) is 10.1.